The molecule has 1 rings (SSSR count). The summed E-state index contributed by atoms with van der Waals surface area (Å²) in [5.41, 5.74) is 2.27. The summed E-state index contributed by atoms with van der Waals surface area (Å²) in [6.07, 6.45) is 1.80. The Morgan fingerprint density at radius 2 is 2.15 bits per heavy atom. The number of hydrogen-bond donors (Lipinski definition) is 0. The van der Waals surface area contributed by atoms with E-state index >= 15 is 0 Å². The SMILES string of the molecule is C=c1ccc(C)c/c1=C(C)/N=C\C. The fourth-order valence-corrected chi connectivity index (χ4v) is 1.29. The summed E-state index contributed by atoms with van der Waals surface area (Å²) in [5.74, 6) is 0. The summed E-state index contributed by atoms with van der Waals surface area (Å²) in [5, 5.41) is 2.17. The minimum atomic E-state index is 1.02. The van der Waals surface area contributed by atoms with Crippen molar-refractivity contribution in [2.75, 3.05) is 0 Å². The second-order valence-electron chi connectivity index (χ2n) is 3.13. The Bertz CT molecular complexity index is 427. The van der Waals surface area contributed by atoms with E-state index in [9.17, 15) is 0 Å². The lowest BCUT2D eigenvalue weighted by Crippen LogP contribution is -2.24. The molecule has 0 atom stereocenters. The topological polar surface area (TPSA) is 12.4 Å². The summed E-state index contributed by atoms with van der Waals surface area (Å²) >= 11 is 0. The standard InChI is InChI=1S/C12H15N/c1-5-13-11(4)12-8-9(2)6-7-10(12)3/h5-8H,3H2,1-2,4H3/b12-11-,13-5-. The molecule has 68 valence electrons. The monoisotopic (exact) mass is 173 g/mol. The van der Waals surface area contributed by atoms with E-state index in [1.54, 1.807) is 6.21 Å². The van der Waals surface area contributed by atoms with Gasteiger partial charge in [-0.3, -0.25) is 4.99 Å². The molecule has 0 N–H and O–H groups in total. The summed E-state index contributed by atoms with van der Waals surface area (Å²) in [6, 6.07) is 6.21. The van der Waals surface area contributed by atoms with E-state index in [4.69, 9.17) is 0 Å². The molecule has 0 saturated carbocycles. The number of hydrogen-bond acceptors (Lipinski definition) is 1. The molecule has 0 aromatic heterocycles. The van der Waals surface area contributed by atoms with E-state index in [2.05, 4.69) is 30.6 Å². The molecule has 0 spiro atoms. The average molecular weight is 173 g/mol. The van der Waals surface area contributed by atoms with Crippen molar-refractivity contribution in [2.24, 2.45) is 4.99 Å². The van der Waals surface area contributed by atoms with Crippen LogP contribution in [0, 0.1) is 6.92 Å². The first kappa shape index (κ1) is 9.72. The molecule has 0 aliphatic heterocycles. The van der Waals surface area contributed by atoms with Crippen LogP contribution < -0.4 is 10.4 Å². The Morgan fingerprint density at radius 1 is 1.46 bits per heavy atom. The van der Waals surface area contributed by atoms with Crippen molar-refractivity contribution in [1.82, 2.24) is 0 Å². The van der Waals surface area contributed by atoms with Gasteiger partial charge in [-0.25, -0.2) is 0 Å². The van der Waals surface area contributed by atoms with Crippen LogP contribution in [0.5, 0.6) is 0 Å². The molecule has 1 aromatic rings. The van der Waals surface area contributed by atoms with Crippen molar-refractivity contribution in [1.29, 1.82) is 0 Å². The summed E-state index contributed by atoms with van der Waals surface area (Å²) < 4.78 is 0. The van der Waals surface area contributed by atoms with Crippen molar-refractivity contribution in [3.63, 3.8) is 0 Å². The van der Waals surface area contributed by atoms with Gasteiger partial charge in [0.15, 0.2) is 0 Å². The largest absolute Gasteiger partial charge is 0.266 e. The van der Waals surface area contributed by atoms with Crippen molar-refractivity contribution in [3.8, 4) is 0 Å². The molecule has 1 heteroatoms. The van der Waals surface area contributed by atoms with Gasteiger partial charge in [-0.05, 0) is 32.1 Å². The lowest BCUT2D eigenvalue weighted by atomic mass is 10.1. The van der Waals surface area contributed by atoms with E-state index in [1.807, 2.05) is 19.9 Å². The Morgan fingerprint density at radius 3 is 2.77 bits per heavy atom. The van der Waals surface area contributed by atoms with Gasteiger partial charge in [-0.2, -0.15) is 0 Å². The van der Waals surface area contributed by atoms with Crippen LogP contribution in [0.15, 0.2) is 23.2 Å². The lowest BCUT2D eigenvalue weighted by Gasteiger charge is -1.95. The molecule has 0 amide bonds. The maximum Gasteiger partial charge on any atom is 0.0446 e. The average Bonchev–Trinajstić information content (AvgIpc) is 2.09. The van der Waals surface area contributed by atoms with Gasteiger partial charge in [-0.1, -0.05) is 24.3 Å². The van der Waals surface area contributed by atoms with E-state index in [-0.39, 0.29) is 0 Å². The Kier molecular flexibility index (Phi) is 3.02. The zero-order valence-electron chi connectivity index (χ0n) is 8.46. The van der Waals surface area contributed by atoms with Gasteiger partial charge in [-0.15, -0.1) is 0 Å². The first-order valence-electron chi connectivity index (χ1n) is 4.40. The number of nitrogens with zero attached hydrogens (tertiary/aromatic N) is 1. The van der Waals surface area contributed by atoms with Crippen LogP contribution in [0.1, 0.15) is 19.4 Å². The Balaban J connectivity index is 3.52. The van der Waals surface area contributed by atoms with Gasteiger partial charge in [0.2, 0.25) is 0 Å². The minimum absolute atomic E-state index is 1.02. The minimum Gasteiger partial charge on any atom is -0.266 e. The van der Waals surface area contributed by atoms with Crippen LogP contribution >= 0.6 is 0 Å². The number of rotatable bonds is 1. The molecule has 0 aliphatic rings. The fourth-order valence-electron chi connectivity index (χ4n) is 1.29. The molecule has 0 radical (unpaired) electrons. The van der Waals surface area contributed by atoms with E-state index in [0.717, 1.165) is 16.1 Å². The van der Waals surface area contributed by atoms with Crippen molar-refractivity contribution in [3.05, 3.63) is 34.2 Å². The van der Waals surface area contributed by atoms with Crippen LogP contribution in [0.25, 0.3) is 12.3 Å². The first-order valence-corrected chi connectivity index (χ1v) is 4.40. The van der Waals surface area contributed by atoms with Gasteiger partial charge in [0.05, 0.1) is 0 Å². The van der Waals surface area contributed by atoms with E-state index in [1.165, 1.54) is 5.56 Å². The Hall–Kier alpha value is -1.37. The zero-order chi connectivity index (χ0) is 9.84. The molecular weight excluding hydrogens is 158 g/mol. The van der Waals surface area contributed by atoms with Gasteiger partial charge >= 0.3 is 0 Å². The maximum atomic E-state index is 4.25. The molecule has 0 unspecified atom stereocenters. The maximum absolute atomic E-state index is 4.25. The number of benzene rings is 1. The molecule has 1 aromatic carbocycles. The Labute approximate surface area is 79.1 Å². The quantitative estimate of drug-likeness (QED) is 0.572. The molecule has 0 heterocycles. The molecule has 13 heavy (non-hydrogen) atoms. The van der Waals surface area contributed by atoms with E-state index in [0.29, 0.717) is 0 Å². The zero-order valence-corrected chi connectivity index (χ0v) is 8.46. The second kappa shape index (κ2) is 4.04. The molecule has 0 aliphatic carbocycles. The van der Waals surface area contributed by atoms with Crippen molar-refractivity contribution < 1.29 is 0 Å². The van der Waals surface area contributed by atoms with E-state index < -0.39 is 0 Å². The molecule has 0 fully saturated rings. The highest BCUT2D eigenvalue weighted by Gasteiger charge is 1.89. The second-order valence-corrected chi connectivity index (χ2v) is 3.13. The molecular formula is C12H15N. The smallest absolute Gasteiger partial charge is 0.0446 e. The summed E-state index contributed by atoms with van der Waals surface area (Å²) in [6.45, 7) is 9.97. The number of aryl methyl sites for hydroxylation is 1. The highest BCUT2D eigenvalue weighted by molar-refractivity contribution is 5.62. The lowest BCUT2D eigenvalue weighted by molar-refractivity contribution is 1.35. The van der Waals surface area contributed by atoms with Gasteiger partial charge in [0, 0.05) is 17.1 Å². The third kappa shape index (κ3) is 2.28. The summed E-state index contributed by atoms with van der Waals surface area (Å²) in [4.78, 5) is 4.25. The third-order valence-corrected chi connectivity index (χ3v) is 1.98. The van der Waals surface area contributed by atoms with Gasteiger partial charge < -0.3 is 0 Å². The first-order chi connectivity index (χ1) is 6.15. The normalized spacial score (nSPS) is 13.5. The third-order valence-electron chi connectivity index (χ3n) is 1.98. The van der Waals surface area contributed by atoms with Crippen LogP contribution in [-0.2, 0) is 0 Å². The highest BCUT2D eigenvalue weighted by atomic mass is 14.7. The summed E-state index contributed by atoms with van der Waals surface area (Å²) in [7, 11) is 0. The molecule has 0 bridgehead atoms. The van der Waals surface area contributed by atoms with Gasteiger partial charge in [0.1, 0.15) is 0 Å². The van der Waals surface area contributed by atoms with Crippen LogP contribution in [0.2, 0.25) is 0 Å². The highest BCUT2D eigenvalue weighted by Crippen LogP contribution is 1.92. The molecule has 0 saturated heterocycles. The van der Waals surface area contributed by atoms with Crippen LogP contribution in [0.3, 0.4) is 0 Å². The predicted octanol–water partition coefficient (Wildman–Crippen LogP) is 1.62. The van der Waals surface area contributed by atoms with Crippen molar-refractivity contribution >= 4 is 18.5 Å². The molecule has 1 nitrogen and oxygen atoms in total. The van der Waals surface area contributed by atoms with Gasteiger partial charge in [0.25, 0.3) is 0 Å². The number of aliphatic imine (C=N–C) groups is 1. The predicted molar refractivity (Wildman–Crippen MR) is 59.2 cm³/mol. The fraction of sp³-hybridized carbons (Fsp3) is 0.250. The van der Waals surface area contributed by atoms with Crippen LogP contribution in [-0.4, -0.2) is 6.21 Å². The van der Waals surface area contributed by atoms with Crippen molar-refractivity contribution in [2.45, 2.75) is 20.8 Å². The van der Waals surface area contributed by atoms with Crippen LogP contribution in [0.4, 0.5) is 0 Å².